The lowest BCUT2D eigenvalue weighted by Crippen LogP contribution is -2.50. The fourth-order valence-electron chi connectivity index (χ4n) is 3.00. The molecule has 118 valence electrons. The Balaban J connectivity index is 2.05. The third-order valence-electron chi connectivity index (χ3n) is 4.08. The third kappa shape index (κ3) is 2.10. The summed E-state index contributed by atoms with van der Waals surface area (Å²) in [4.78, 5) is 21.5. The molecule has 2 unspecified atom stereocenters. The van der Waals surface area contributed by atoms with Crippen LogP contribution in [-0.4, -0.2) is 33.4 Å². The zero-order valence-electron chi connectivity index (χ0n) is 11.3. The van der Waals surface area contributed by atoms with Crippen molar-refractivity contribution in [3.63, 3.8) is 0 Å². The Morgan fingerprint density at radius 2 is 2.27 bits per heavy atom. The van der Waals surface area contributed by atoms with E-state index in [1.54, 1.807) is 6.07 Å². The fraction of sp³-hybridized carbons (Fsp3) is 0.462. The summed E-state index contributed by atoms with van der Waals surface area (Å²) in [7, 11) is 0. The smallest absolute Gasteiger partial charge is 0.460 e. The lowest BCUT2D eigenvalue weighted by molar-refractivity contribution is -0.531. The lowest BCUT2D eigenvalue weighted by Gasteiger charge is -2.39. The van der Waals surface area contributed by atoms with Gasteiger partial charge in [-0.15, -0.1) is 0 Å². The summed E-state index contributed by atoms with van der Waals surface area (Å²) in [5.41, 5.74) is -0.752. The number of nitrogens with zero attached hydrogens (tertiary/aromatic N) is 1. The topological polar surface area (TPSA) is 136 Å². The molecule has 1 saturated carbocycles. The van der Waals surface area contributed by atoms with Crippen molar-refractivity contribution < 1.29 is 33.5 Å². The molecule has 0 aromatic carbocycles. The largest absolute Gasteiger partial charge is 0.506 e. The number of nitro groups is 1. The Labute approximate surface area is 123 Å². The zero-order valence-corrected chi connectivity index (χ0v) is 11.3. The number of ether oxygens (including phenoxy) is 1. The van der Waals surface area contributed by atoms with Crippen molar-refractivity contribution in [3.8, 4) is 0 Å². The van der Waals surface area contributed by atoms with Crippen LogP contribution in [-0.2, 0) is 10.3 Å². The van der Waals surface area contributed by atoms with Crippen molar-refractivity contribution in [2.45, 2.75) is 37.0 Å². The van der Waals surface area contributed by atoms with Crippen LogP contribution in [0.15, 0.2) is 27.4 Å². The van der Waals surface area contributed by atoms with Crippen LogP contribution in [0.4, 0.5) is 4.79 Å². The van der Waals surface area contributed by atoms with Crippen molar-refractivity contribution >= 4 is 17.3 Å². The standard InChI is InChI=1S/C13H13NO8/c15-10-5-7(14(18)19)1-3-13(10,22-12(16)17)8-6-21-9-2-4-20-11(8)9/h2,4,6-7,10,15H,1,3,5H2,(H,16,17)/t7?,10-,13?/m1/s1. The summed E-state index contributed by atoms with van der Waals surface area (Å²) in [5, 5.41) is 30.3. The van der Waals surface area contributed by atoms with Crippen LogP contribution in [0.2, 0.25) is 0 Å². The maximum atomic E-state index is 11.1. The first-order valence-electron chi connectivity index (χ1n) is 6.62. The lowest BCUT2D eigenvalue weighted by atomic mass is 9.76. The van der Waals surface area contributed by atoms with E-state index in [9.17, 15) is 20.0 Å². The molecule has 0 bridgehead atoms. The number of fused-ring (bicyclic) bond motifs is 1. The van der Waals surface area contributed by atoms with Crippen molar-refractivity contribution in [1.29, 1.82) is 0 Å². The van der Waals surface area contributed by atoms with Gasteiger partial charge in [0.15, 0.2) is 16.8 Å². The summed E-state index contributed by atoms with van der Waals surface area (Å²) < 4.78 is 15.5. The monoisotopic (exact) mass is 311 g/mol. The summed E-state index contributed by atoms with van der Waals surface area (Å²) in [6.45, 7) is 0. The summed E-state index contributed by atoms with van der Waals surface area (Å²) in [5.74, 6) is 0. The van der Waals surface area contributed by atoms with Crippen LogP contribution in [0.25, 0.3) is 11.2 Å². The third-order valence-corrected chi connectivity index (χ3v) is 4.08. The Bertz CT molecular complexity index is 719. The first-order valence-corrected chi connectivity index (χ1v) is 6.62. The van der Waals surface area contributed by atoms with Gasteiger partial charge >= 0.3 is 6.16 Å². The second kappa shape index (κ2) is 5.02. The zero-order chi connectivity index (χ0) is 15.9. The molecule has 9 nitrogen and oxygen atoms in total. The molecule has 22 heavy (non-hydrogen) atoms. The maximum Gasteiger partial charge on any atom is 0.506 e. The molecular formula is C13H13NO8. The average molecular weight is 311 g/mol. The van der Waals surface area contributed by atoms with Gasteiger partial charge < -0.3 is 23.8 Å². The molecule has 0 radical (unpaired) electrons. The first kappa shape index (κ1) is 14.4. The number of carboxylic acid groups (broad SMARTS) is 1. The van der Waals surface area contributed by atoms with E-state index in [0.29, 0.717) is 5.58 Å². The van der Waals surface area contributed by atoms with E-state index in [-0.39, 0.29) is 30.4 Å². The highest BCUT2D eigenvalue weighted by Gasteiger charge is 2.53. The molecule has 1 aliphatic carbocycles. The van der Waals surface area contributed by atoms with E-state index < -0.39 is 28.8 Å². The second-order valence-corrected chi connectivity index (χ2v) is 5.25. The van der Waals surface area contributed by atoms with E-state index in [1.165, 1.54) is 12.5 Å². The molecule has 1 fully saturated rings. The Morgan fingerprint density at radius 3 is 2.91 bits per heavy atom. The molecule has 2 heterocycles. The van der Waals surface area contributed by atoms with Crippen molar-refractivity contribution in [2.75, 3.05) is 0 Å². The molecule has 0 aliphatic heterocycles. The van der Waals surface area contributed by atoms with Gasteiger partial charge in [-0.2, -0.15) is 0 Å². The Kier molecular flexibility index (Phi) is 3.28. The number of rotatable bonds is 3. The number of aliphatic hydroxyl groups is 1. The number of hydrogen-bond donors (Lipinski definition) is 2. The molecule has 2 N–H and O–H groups in total. The predicted octanol–water partition coefficient (Wildman–Crippen LogP) is 2.11. The van der Waals surface area contributed by atoms with Crippen LogP contribution in [0.3, 0.4) is 0 Å². The fourth-order valence-corrected chi connectivity index (χ4v) is 3.00. The second-order valence-electron chi connectivity index (χ2n) is 5.25. The number of furan rings is 2. The summed E-state index contributed by atoms with van der Waals surface area (Å²) in [6.07, 6.45) is -0.522. The van der Waals surface area contributed by atoms with Gasteiger partial charge in [0.25, 0.3) is 0 Å². The molecule has 3 rings (SSSR count). The van der Waals surface area contributed by atoms with Gasteiger partial charge in [-0.05, 0) is 0 Å². The van der Waals surface area contributed by atoms with Gasteiger partial charge in [0.2, 0.25) is 6.04 Å². The van der Waals surface area contributed by atoms with Gasteiger partial charge in [-0.25, -0.2) is 4.79 Å². The molecule has 1 aliphatic rings. The molecule has 0 saturated heterocycles. The number of aliphatic hydroxyl groups excluding tert-OH is 1. The van der Waals surface area contributed by atoms with Crippen LogP contribution >= 0.6 is 0 Å². The predicted molar refractivity (Wildman–Crippen MR) is 69.9 cm³/mol. The quantitative estimate of drug-likeness (QED) is 0.499. The normalized spacial score (nSPS) is 28.6. The van der Waals surface area contributed by atoms with E-state index in [4.69, 9.17) is 18.7 Å². The van der Waals surface area contributed by atoms with Gasteiger partial charge in [0, 0.05) is 30.3 Å². The van der Waals surface area contributed by atoms with Crippen molar-refractivity contribution in [3.05, 3.63) is 34.3 Å². The number of hydrogen-bond acceptors (Lipinski definition) is 7. The SMILES string of the molecule is O=C(O)OC1(c2coc3ccoc23)CCC([N+](=O)[O-])C[C@H]1O. The van der Waals surface area contributed by atoms with Crippen LogP contribution in [0.1, 0.15) is 24.8 Å². The average Bonchev–Trinajstić information content (AvgIpc) is 3.02. The highest BCUT2D eigenvalue weighted by molar-refractivity contribution is 5.76. The van der Waals surface area contributed by atoms with Crippen LogP contribution in [0, 0.1) is 10.1 Å². The van der Waals surface area contributed by atoms with Crippen LogP contribution in [0.5, 0.6) is 0 Å². The minimum Gasteiger partial charge on any atom is -0.460 e. The van der Waals surface area contributed by atoms with Gasteiger partial charge in [-0.1, -0.05) is 0 Å². The molecule has 9 heteroatoms. The van der Waals surface area contributed by atoms with E-state index in [1.807, 2.05) is 0 Å². The molecular weight excluding hydrogens is 298 g/mol. The number of carbonyl (C=O) groups is 1. The Morgan fingerprint density at radius 1 is 1.50 bits per heavy atom. The minimum atomic E-state index is -1.64. The van der Waals surface area contributed by atoms with E-state index in [0.717, 1.165) is 0 Å². The molecule has 0 spiro atoms. The summed E-state index contributed by atoms with van der Waals surface area (Å²) >= 11 is 0. The van der Waals surface area contributed by atoms with Crippen molar-refractivity contribution in [2.24, 2.45) is 0 Å². The first-order chi connectivity index (χ1) is 10.4. The van der Waals surface area contributed by atoms with Crippen molar-refractivity contribution in [1.82, 2.24) is 0 Å². The summed E-state index contributed by atoms with van der Waals surface area (Å²) in [6, 6.07) is 0.599. The molecule has 0 amide bonds. The van der Waals surface area contributed by atoms with Gasteiger partial charge in [0.1, 0.15) is 12.4 Å². The van der Waals surface area contributed by atoms with Gasteiger partial charge in [-0.3, -0.25) is 10.1 Å². The maximum absolute atomic E-state index is 11.1. The van der Waals surface area contributed by atoms with E-state index >= 15 is 0 Å². The highest BCUT2D eigenvalue weighted by atomic mass is 16.7. The molecule has 2 aromatic rings. The minimum absolute atomic E-state index is 0.0402. The van der Waals surface area contributed by atoms with Gasteiger partial charge in [0.05, 0.1) is 11.8 Å². The van der Waals surface area contributed by atoms with Crippen LogP contribution < -0.4 is 0 Å². The molecule has 2 aromatic heterocycles. The Hall–Kier alpha value is -2.55. The van der Waals surface area contributed by atoms with E-state index in [2.05, 4.69) is 0 Å². The molecule has 3 atom stereocenters. The highest BCUT2D eigenvalue weighted by Crippen LogP contribution is 2.45.